The van der Waals surface area contributed by atoms with Gasteiger partial charge in [-0.25, -0.2) is 8.42 Å². The SMILES string of the molecule is COc1ccccc1CCNC(=O)C(C)(C)C(=O)NC1CCS(=O)(=O)C1. The second kappa shape index (κ2) is 8.07. The summed E-state index contributed by atoms with van der Waals surface area (Å²) in [5.41, 5.74) is -0.318. The normalized spacial score (nSPS) is 19.0. The Morgan fingerprint density at radius 2 is 1.92 bits per heavy atom. The quantitative estimate of drug-likeness (QED) is 0.676. The number of ether oxygens (including phenoxy) is 1. The van der Waals surface area contributed by atoms with Gasteiger partial charge in [0.1, 0.15) is 11.2 Å². The first kappa shape index (κ1) is 20.2. The summed E-state index contributed by atoms with van der Waals surface area (Å²) in [6, 6.07) is 7.12. The van der Waals surface area contributed by atoms with Crippen LogP contribution >= 0.6 is 0 Å². The Labute approximate surface area is 154 Å². The predicted molar refractivity (Wildman–Crippen MR) is 98.7 cm³/mol. The van der Waals surface area contributed by atoms with E-state index in [1.165, 1.54) is 13.8 Å². The van der Waals surface area contributed by atoms with Crippen molar-refractivity contribution in [1.29, 1.82) is 0 Å². The lowest BCUT2D eigenvalue weighted by atomic mass is 9.90. The number of hydrogen-bond acceptors (Lipinski definition) is 5. The van der Waals surface area contributed by atoms with E-state index in [4.69, 9.17) is 4.74 Å². The van der Waals surface area contributed by atoms with Gasteiger partial charge in [-0.2, -0.15) is 0 Å². The van der Waals surface area contributed by atoms with Crippen molar-refractivity contribution in [3.8, 4) is 5.75 Å². The molecule has 2 N–H and O–H groups in total. The molecule has 1 heterocycles. The van der Waals surface area contributed by atoms with Crippen LogP contribution in [0.2, 0.25) is 0 Å². The minimum absolute atomic E-state index is 0.0652. The van der Waals surface area contributed by atoms with Gasteiger partial charge in [-0.3, -0.25) is 9.59 Å². The van der Waals surface area contributed by atoms with Crippen LogP contribution in [0.4, 0.5) is 0 Å². The highest BCUT2D eigenvalue weighted by Gasteiger charge is 2.38. The molecule has 1 atom stereocenters. The Morgan fingerprint density at radius 1 is 1.23 bits per heavy atom. The zero-order valence-corrected chi connectivity index (χ0v) is 16.2. The first-order valence-electron chi connectivity index (χ1n) is 8.57. The molecule has 1 aromatic carbocycles. The third-order valence-corrected chi connectivity index (χ3v) is 6.34. The van der Waals surface area contributed by atoms with E-state index in [9.17, 15) is 18.0 Å². The van der Waals surface area contributed by atoms with Crippen molar-refractivity contribution in [3.05, 3.63) is 29.8 Å². The molecule has 1 unspecified atom stereocenters. The molecular formula is C18H26N2O5S. The van der Waals surface area contributed by atoms with Crippen LogP contribution in [0.15, 0.2) is 24.3 Å². The fourth-order valence-electron chi connectivity index (χ4n) is 2.82. The van der Waals surface area contributed by atoms with Crippen LogP contribution in [0.25, 0.3) is 0 Å². The van der Waals surface area contributed by atoms with Crippen LogP contribution in [-0.2, 0) is 25.8 Å². The molecule has 7 nitrogen and oxygen atoms in total. The number of carbonyl (C=O) groups is 2. The molecule has 1 aromatic rings. The van der Waals surface area contributed by atoms with Gasteiger partial charge in [0, 0.05) is 12.6 Å². The Morgan fingerprint density at radius 3 is 2.54 bits per heavy atom. The molecule has 1 saturated heterocycles. The number of hydrogen-bond donors (Lipinski definition) is 2. The van der Waals surface area contributed by atoms with E-state index in [2.05, 4.69) is 10.6 Å². The maximum absolute atomic E-state index is 12.4. The number of carbonyl (C=O) groups excluding carboxylic acids is 2. The van der Waals surface area contributed by atoms with Gasteiger partial charge in [0.15, 0.2) is 9.84 Å². The van der Waals surface area contributed by atoms with Gasteiger partial charge in [0.2, 0.25) is 11.8 Å². The molecule has 26 heavy (non-hydrogen) atoms. The standard InChI is InChI=1S/C18H26N2O5S/c1-18(2,17(22)20-14-9-11-26(23,24)12-14)16(21)19-10-8-13-6-4-5-7-15(13)25-3/h4-7,14H,8-12H2,1-3H3,(H,19,21)(H,20,22). The Bertz CT molecular complexity index is 774. The Hall–Kier alpha value is -2.09. The van der Waals surface area contributed by atoms with Crippen LogP contribution in [0.3, 0.4) is 0 Å². The largest absolute Gasteiger partial charge is 0.496 e. The van der Waals surface area contributed by atoms with E-state index in [1.54, 1.807) is 7.11 Å². The molecular weight excluding hydrogens is 356 g/mol. The minimum atomic E-state index is -3.09. The van der Waals surface area contributed by atoms with E-state index in [0.29, 0.717) is 19.4 Å². The summed E-state index contributed by atoms with van der Waals surface area (Å²) >= 11 is 0. The van der Waals surface area contributed by atoms with Crippen molar-refractivity contribution >= 4 is 21.7 Å². The summed E-state index contributed by atoms with van der Waals surface area (Å²) < 4.78 is 28.3. The van der Waals surface area contributed by atoms with Crippen LogP contribution in [0.5, 0.6) is 5.75 Å². The zero-order chi connectivity index (χ0) is 19.4. The van der Waals surface area contributed by atoms with Crippen LogP contribution in [-0.4, -0.2) is 51.4 Å². The van der Waals surface area contributed by atoms with E-state index >= 15 is 0 Å². The summed E-state index contributed by atoms with van der Waals surface area (Å²) in [6.07, 6.45) is 0.966. The molecule has 1 aliphatic heterocycles. The molecule has 0 spiro atoms. The van der Waals surface area contributed by atoms with Crippen LogP contribution < -0.4 is 15.4 Å². The van der Waals surface area contributed by atoms with Gasteiger partial charge in [0.05, 0.1) is 18.6 Å². The second-order valence-electron chi connectivity index (χ2n) is 7.02. The number of para-hydroxylation sites is 1. The first-order chi connectivity index (χ1) is 12.2. The fraction of sp³-hybridized carbons (Fsp3) is 0.556. The van der Waals surface area contributed by atoms with E-state index < -0.39 is 33.1 Å². The van der Waals surface area contributed by atoms with Gasteiger partial charge >= 0.3 is 0 Å². The lowest BCUT2D eigenvalue weighted by Crippen LogP contribution is -2.51. The molecule has 0 saturated carbocycles. The van der Waals surface area contributed by atoms with Gasteiger partial charge in [-0.1, -0.05) is 18.2 Å². The Balaban J connectivity index is 1.87. The molecule has 2 amide bonds. The van der Waals surface area contributed by atoms with E-state index in [1.807, 2.05) is 24.3 Å². The van der Waals surface area contributed by atoms with Crippen LogP contribution in [0.1, 0.15) is 25.8 Å². The van der Waals surface area contributed by atoms with Gasteiger partial charge in [0.25, 0.3) is 0 Å². The van der Waals surface area contributed by atoms with Gasteiger partial charge in [-0.05, 0) is 38.3 Å². The van der Waals surface area contributed by atoms with E-state index in [0.717, 1.165) is 11.3 Å². The van der Waals surface area contributed by atoms with E-state index in [-0.39, 0.29) is 11.5 Å². The van der Waals surface area contributed by atoms with Crippen LogP contribution in [0, 0.1) is 5.41 Å². The summed E-state index contributed by atoms with van der Waals surface area (Å²) in [5, 5.41) is 5.45. The third-order valence-electron chi connectivity index (χ3n) is 4.58. The third kappa shape index (κ3) is 4.97. The Kier molecular flexibility index (Phi) is 6.28. The summed E-state index contributed by atoms with van der Waals surface area (Å²) in [5.74, 6) is -0.102. The van der Waals surface area contributed by atoms with Crippen molar-refractivity contribution in [1.82, 2.24) is 10.6 Å². The number of methoxy groups -OCH3 is 1. The topological polar surface area (TPSA) is 102 Å². The predicted octanol–water partition coefficient (Wildman–Crippen LogP) is 0.683. The number of nitrogens with one attached hydrogen (secondary N) is 2. The number of benzene rings is 1. The van der Waals surface area contributed by atoms with Crippen molar-refractivity contribution in [2.75, 3.05) is 25.2 Å². The smallest absolute Gasteiger partial charge is 0.235 e. The first-order valence-corrected chi connectivity index (χ1v) is 10.4. The molecule has 1 aliphatic rings. The summed E-state index contributed by atoms with van der Waals surface area (Å²) in [4.78, 5) is 24.9. The van der Waals surface area contributed by atoms with Crippen molar-refractivity contribution in [2.45, 2.75) is 32.7 Å². The summed E-state index contributed by atoms with van der Waals surface area (Å²) in [6.45, 7) is 3.43. The monoisotopic (exact) mass is 382 g/mol. The highest BCUT2D eigenvalue weighted by molar-refractivity contribution is 7.91. The number of amides is 2. The molecule has 8 heteroatoms. The molecule has 0 aromatic heterocycles. The fourth-order valence-corrected chi connectivity index (χ4v) is 4.49. The zero-order valence-electron chi connectivity index (χ0n) is 15.4. The molecule has 0 bridgehead atoms. The lowest BCUT2D eigenvalue weighted by molar-refractivity contribution is -0.141. The minimum Gasteiger partial charge on any atom is -0.496 e. The number of sulfone groups is 1. The lowest BCUT2D eigenvalue weighted by Gasteiger charge is -2.24. The maximum Gasteiger partial charge on any atom is 0.235 e. The average molecular weight is 382 g/mol. The summed E-state index contributed by atoms with van der Waals surface area (Å²) in [7, 11) is -1.49. The highest BCUT2D eigenvalue weighted by atomic mass is 32.2. The van der Waals surface area contributed by atoms with Gasteiger partial charge in [-0.15, -0.1) is 0 Å². The van der Waals surface area contributed by atoms with Crippen molar-refractivity contribution in [2.24, 2.45) is 5.41 Å². The van der Waals surface area contributed by atoms with Crippen molar-refractivity contribution in [3.63, 3.8) is 0 Å². The maximum atomic E-state index is 12.4. The molecule has 1 fully saturated rings. The molecule has 0 radical (unpaired) electrons. The highest BCUT2D eigenvalue weighted by Crippen LogP contribution is 2.20. The van der Waals surface area contributed by atoms with Crippen molar-refractivity contribution < 1.29 is 22.7 Å². The molecule has 2 rings (SSSR count). The second-order valence-corrected chi connectivity index (χ2v) is 9.24. The van der Waals surface area contributed by atoms with Gasteiger partial charge < -0.3 is 15.4 Å². The molecule has 144 valence electrons. The average Bonchev–Trinajstić information content (AvgIpc) is 2.93. The molecule has 0 aliphatic carbocycles. The number of rotatable bonds is 7.